The van der Waals surface area contributed by atoms with Crippen molar-refractivity contribution in [1.82, 2.24) is 0 Å². The third kappa shape index (κ3) is 20.7. The Morgan fingerprint density at radius 2 is 0.679 bits per heavy atom. The van der Waals surface area contributed by atoms with E-state index in [-0.39, 0.29) is 0 Å². The summed E-state index contributed by atoms with van der Waals surface area (Å²) in [7, 11) is 0. The largest absolute Gasteiger partial charge is 0.0654 e. The molecule has 0 bridgehead atoms. The molecule has 0 radical (unpaired) electrons. The Hall–Kier alpha value is 0. The van der Waals surface area contributed by atoms with Crippen molar-refractivity contribution in [3.8, 4) is 0 Å². The van der Waals surface area contributed by atoms with E-state index in [2.05, 4.69) is 34.6 Å². The smallest absolute Gasteiger partial charge is 0.0443 e. The first-order chi connectivity index (χ1) is 13.6. The second-order valence-corrected chi connectivity index (χ2v) is 10.3. The highest BCUT2D eigenvalue weighted by molar-refractivity contribution is 4.60. The van der Waals surface area contributed by atoms with Gasteiger partial charge in [0.05, 0.1) is 0 Å². The zero-order chi connectivity index (χ0) is 20.9. The highest BCUT2D eigenvalue weighted by Crippen LogP contribution is 2.22. The van der Waals surface area contributed by atoms with Gasteiger partial charge in [0, 0.05) is 0 Å². The molecule has 0 saturated carbocycles. The molecule has 0 aromatic carbocycles. The summed E-state index contributed by atoms with van der Waals surface area (Å²) < 4.78 is 0. The van der Waals surface area contributed by atoms with Crippen molar-refractivity contribution in [2.75, 3.05) is 0 Å². The van der Waals surface area contributed by atoms with Gasteiger partial charge in [0.25, 0.3) is 0 Å². The van der Waals surface area contributed by atoms with Gasteiger partial charge in [0.2, 0.25) is 0 Å². The first-order valence-electron chi connectivity index (χ1n) is 13.6. The fraction of sp³-hybridized carbons (Fsp3) is 1.00. The van der Waals surface area contributed by atoms with Crippen LogP contribution >= 0.6 is 0 Å². The topological polar surface area (TPSA) is 0 Å². The molecule has 170 valence electrons. The Kier molecular flexibility index (Phi) is 21.7. The highest BCUT2D eigenvalue weighted by atomic mass is 14.1. The third-order valence-electron chi connectivity index (χ3n) is 7.04. The highest BCUT2D eigenvalue weighted by Gasteiger charge is 2.07. The van der Waals surface area contributed by atoms with Crippen LogP contribution in [-0.4, -0.2) is 0 Å². The third-order valence-corrected chi connectivity index (χ3v) is 7.04. The summed E-state index contributed by atoms with van der Waals surface area (Å²) >= 11 is 0. The molecule has 0 amide bonds. The Balaban J connectivity index is 3.29. The van der Waals surface area contributed by atoms with Crippen LogP contribution in [0.3, 0.4) is 0 Å². The van der Waals surface area contributed by atoms with E-state index in [1.165, 1.54) is 128 Å². The van der Waals surface area contributed by atoms with E-state index in [0.717, 1.165) is 17.8 Å². The van der Waals surface area contributed by atoms with E-state index in [1.54, 1.807) is 0 Å². The van der Waals surface area contributed by atoms with E-state index >= 15 is 0 Å². The SMILES string of the molecule is CCCCCCCCCCCCCCC(C)CCCC(C)CCCC(C)CC. The van der Waals surface area contributed by atoms with Gasteiger partial charge in [0.15, 0.2) is 0 Å². The maximum atomic E-state index is 2.49. The molecule has 0 aliphatic carbocycles. The van der Waals surface area contributed by atoms with Gasteiger partial charge in [-0.3, -0.25) is 0 Å². The summed E-state index contributed by atoms with van der Waals surface area (Å²) in [5.41, 5.74) is 0. The lowest BCUT2D eigenvalue weighted by atomic mass is 9.91. The van der Waals surface area contributed by atoms with Crippen molar-refractivity contribution in [2.45, 2.75) is 163 Å². The molecule has 0 spiro atoms. The fourth-order valence-electron chi connectivity index (χ4n) is 4.46. The van der Waals surface area contributed by atoms with Crippen LogP contribution in [-0.2, 0) is 0 Å². The Morgan fingerprint density at radius 3 is 1.07 bits per heavy atom. The Bertz CT molecular complexity index is 282. The van der Waals surface area contributed by atoms with Crippen LogP contribution < -0.4 is 0 Å². The number of hydrogen-bond donors (Lipinski definition) is 0. The average Bonchev–Trinajstić information content (AvgIpc) is 2.68. The van der Waals surface area contributed by atoms with Gasteiger partial charge >= 0.3 is 0 Å². The number of rotatable bonds is 22. The Labute approximate surface area is 181 Å². The summed E-state index contributed by atoms with van der Waals surface area (Å²) in [6.45, 7) is 12.0. The van der Waals surface area contributed by atoms with Gasteiger partial charge < -0.3 is 0 Å². The minimum absolute atomic E-state index is 0.933. The van der Waals surface area contributed by atoms with Crippen molar-refractivity contribution >= 4 is 0 Å². The first-order valence-corrected chi connectivity index (χ1v) is 13.6. The van der Waals surface area contributed by atoms with Crippen molar-refractivity contribution in [2.24, 2.45) is 17.8 Å². The van der Waals surface area contributed by atoms with Crippen molar-refractivity contribution < 1.29 is 0 Å². The quantitative estimate of drug-likeness (QED) is 0.160. The normalized spacial score (nSPS) is 14.9. The average molecular weight is 395 g/mol. The molecule has 3 atom stereocenters. The van der Waals surface area contributed by atoms with Crippen LogP contribution in [0.1, 0.15) is 163 Å². The predicted octanol–water partition coefficient (Wildman–Crippen LogP) is 10.7. The molecular weight excluding hydrogens is 336 g/mol. The minimum Gasteiger partial charge on any atom is -0.0654 e. The maximum absolute atomic E-state index is 2.49. The number of hydrogen-bond acceptors (Lipinski definition) is 0. The molecule has 0 aromatic heterocycles. The zero-order valence-corrected chi connectivity index (χ0v) is 20.9. The van der Waals surface area contributed by atoms with Crippen LogP contribution in [0.5, 0.6) is 0 Å². The summed E-state index contributed by atoms with van der Waals surface area (Å²) in [6, 6.07) is 0. The van der Waals surface area contributed by atoms with E-state index < -0.39 is 0 Å². The van der Waals surface area contributed by atoms with Gasteiger partial charge in [-0.1, -0.05) is 163 Å². The molecule has 0 aliphatic rings. The van der Waals surface area contributed by atoms with Gasteiger partial charge in [-0.05, 0) is 17.8 Å². The van der Waals surface area contributed by atoms with Gasteiger partial charge in [-0.2, -0.15) is 0 Å². The lowest BCUT2D eigenvalue weighted by Gasteiger charge is -2.15. The second kappa shape index (κ2) is 21.7. The molecule has 0 fully saturated rings. The molecule has 0 aromatic rings. The molecule has 28 heavy (non-hydrogen) atoms. The van der Waals surface area contributed by atoms with Crippen molar-refractivity contribution in [3.63, 3.8) is 0 Å². The maximum Gasteiger partial charge on any atom is -0.0443 e. The molecule has 0 heterocycles. The zero-order valence-electron chi connectivity index (χ0n) is 20.9. The predicted molar refractivity (Wildman–Crippen MR) is 131 cm³/mol. The second-order valence-electron chi connectivity index (χ2n) is 10.3. The fourth-order valence-corrected chi connectivity index (χ4v) is 4.46. The van der Waals surface area contributed by atoms with Gasteiger partial charge in [0.1, 0.15) is 0 Å². The van der Waals surface area contributed by atoms with Crippen LogP contribution in [0, 0.1) is 17.8 Å². The van der Waals surface area contributed by atoms with Crippen LogP contribution in [0.2, 0.25) is 0 Å². The molecular formula is C28H58. The van der Waals surface area contributed by atoms with Crippen LogP contribution in [0.15, 0.2) is 0 Å². The van der Waals surface area contributed by atoms with E-state index in [9.17, 15) is 0 Å². The Morgan fingerprint density at radius 1 is 0.357 bits per heavy atom. The van der Waals surface area contributed by atoms with Gasteiger partial charge in [-0.25, -0.2) is 0 Å². The van der Waals surface area contributed by atoms with Crippen molar-refractivity contribution in [3.05, 3.63) is 0 Å². The van der Waals surface area contributed by atoms with E-state index in [4.69, 9.17) is 0 Å². The summed E-state index contributed by atoms with van der Waals surface area (Å²) in [5.74, 6) is 2.83. The molecule has 0 rings (SSSR count). The molecule has 0 N–H and O–H groups in total. The minimum atomic E-state index is 0.933. The lowest BCUT2D eigenvalue weighted by Crippen LogP contribution is -2.00. The van der Waals surface area contributed by atoms with Crippen LogP contribution in [0.25, 0.3) is 0 Å². The molecule has 0 aliphatic heterocycles. The van der Waals surface area contributed by atoms with Crippen molar-refractivity contribution in [1.29, 1.82) is 0 Å². The summed E-state index contributed by atoms with van der Waals surface area (Å²) in [5, 5.41) is 0. The molecule has 0 heteroatoms. The molecule has 0 saturated heterocycles. The lowest BCUT2D eigenvalue weighted by molar-refractivity contribution is 0.380. The standard InChI is InChI=1S/C28H58/c1-6-8-9-10-11-12-13-14-15-16-17-18-21-27(4)24-20-25-28(5)23-19-22-26(3)7-2/h26-28H,6-25H2,1-5H3. The van der Waals surface area contributed by atoms with E-state index in [0.29, 0.717) is 0 Å². The monoisotopic (exact) mass is 394 g/mol. The first kappa shape index (κ1) is 28.0. The van der Waals surface area contributed by atoms with Gasteiger partial charge in [-0.15, -0.1) is 0 Å². The summed E-state index contributed by atoms with van der Waals surface area (Å²) in [6.07, 6.45) is 29.2. The van der Waals surface area contributed by atoms with E-state index in [1.807, 2.05) is 0 Å². The molecule has 3 unspecified atom stereocenters. The number of unbranched alkanes of at least 4 members (excludes halogenated alkanes) is 11. The summed E-state index contributed by atoms with van der Waals surface area (Å²) in [4.78, 5) is 0. The van der Waals surface area contributed by atoms with Crippen LogP contribution in [0.4, 0.5) is 0 Å². The molecule has 0 nitrogen and oxygen atoms in total.